The molecule has 0 atom stereocenters. The highest BCUT2D eigenvalue weighted by Gasteiger charge is 2.13. The van der Waals surface area contributed by atoms with Crippen LogP contribution in [0, 0.1) is 0 Å². The average molecular weight is 213 g/mol. The fourth-order valence-corrected chi connectivity index (χ4v) is 2.08. The van der Waals surface area contributed by atoms with Crippen LogP contribution in [0.4, 0.5) is 5.69 Å². The number of nitrogens with one attached hydrogen (secondary N) is 1. The summed E-state index contributed by atoms with van der Waals surface area (Å²) in [5.41, 5.74) is 0.907. The second-order valence-electron chi connectivity index (χ2n) is 3.49. The Labute approximate surface area is 84.8 Å². The van der Waals surface area contributed by atoms with E-state index in [1.807, 2.05) is 25.2 Å². The van der Waals surface area contributed by atoms with Gasteiger partial charge in [-0.2, -0.15) is 0 Å². The van der Waals surface area contributed by atoms with Gasteiger partial charge in [0.1, 0.15) is 12.9 Å². The fraction of sp³-hybridized carbons (Fsp3) is 0.400. The fourth-order valence-electron chi connectivity index (χ4n) is 1.22. The van der Waals surface area contributed by atoms with Crippen molar-refractivity contribution >= 4 is 18.1 Å². The molecule has 0 unspecified atom stereocenters. The van der Waals surface area contributed by atoms with E-state index in [0.29, 0.717) is 0 Å². The van der Waals surface area contributed by atoms with Gasteiger partial charge in [-0.1, -0.05) is 0 Å². The van der Waals surface area contributed by atoms with Crippen molar-refractivity contribution in [3.8, 4) is 5.75 Å². The third-order valence-corrected chi connectivity index (χ3v) is 3.60. The number of rotatable bonds is 3. The molecule has 1 rings (SSSR count). The van der Waals surface area contributed by atoms with E-state index in [2.05, 4.69) is 5.32 Å². The first kappa shape index (κ1) is 11.1. The normalized spacial score (nSPS) is 11.1. The zero-order chi connectivity index (χ0) is 10.8. The summed E-state index contributed by atoms with van der Waals surface area (Å²) < 4.78 is 17.0. The van der Waals surface area contributed by atoms with Crippen molar-refractivity contribution in [3.63, 3.8) is 0 Å². The number of ether oxygens (including phenoxy) is 1. The van der Waals surface area contributed by atoms with Crippen LogP contribution < -0.4 is 15.4 Å². The predicted molar refractivity (Wildman–Crippen MR) is 61.6 cm³/mol. The summed E-state index contributed by atoms with van der Waals surface area (Å²) in [4.78, 5) is 0. The van der Waals surface area contributed by atoms with Gasteiger partial charge < -0.3 is 14.6 Å². The molecule has 0 saturated heterocycles. The Morgan fingerprint density at radius 2 is 2.00 bits per heavy atom. The van der Waals surface area contributed by atoms with Gasteiger partial charge in [-0.15, -0.1) is 0 Å². The van der Waals surface area contributed by atoms with Crippen LogP contribution in [0.3, 0.4) is 0 Å². The van der Waals surface area contributed by atoms with E-state index in [0.717, 1.165) is 16.7 Å². The maximum absolute atomic E-state index is 11.8. The second kappa shape index (κ2) is 4.05. The van der Waals surface area contributed by atoms with Gasteiger partial charge >= 0.3 is 0 Å². The first-order valence-corrected chi connectivity index (χ1v) is 7.00. The van der Waals surface area contributed by atoms with E-state index >= 15 is 0 Å². The topological polar surface area (TPSA) is 38.3 Å². The molecule has 0 radical (unpaired) electrons. The van der Waals surface area contributed by atoms with E-state index < -0.39 is 7.14 Å². The summed E-state index contributed by atoms with van der Waals surface area (Å²) in [5.74, 6) is 0.730. The maximum atomic E-state index is 11.8. The average Bonchev–Trinajstić information content (AvgIpc) is 2.15. The molecule has 0 amide bonds. The van der Waals surface area contributed by atoms with Crippen LogP contribution in [-0.2, 0) is 4.57 Å². The SMILES string of the molecule is CNc1ccc(P(C)(C)=O)cc1OC. The van der Waals surface area contributed by atoms with E-state index in [1.54, 1.807) is 20.4 Å². The monoisotopic (exact) mass is 213 g/mol. The molecule has 0 aromatic heterocycles. The van der Waals surface area contributed by atoms with Gasteiger partial charge in [-0.25, -0.2) is 0 Å². The molecule has 0 aliphatic heterocycles. The van der Waals surface area contributed by atoms with Crippen LogP contribution in [-0.4, -0.2) is 27.5 Å². The summed E-state index contributed by atoms with van der Waals surface area (Å²) >= 11 is 0. The Bertz CT molecular complexity index is 370. The molecular weight excluding hydrogens is 197 g/mol. The van der Waals surface area contributed by atoms with E-state index in [-0.39, 0.29) is 0 Å². The highest BCUT2D eigenvalue weighted by Crippen LogP contribution is 2.37. The van der Waals surface area contributed by atoms with E-state index in [4.69, 9.17) is 4.74 Å². The van der Waals surface area contributed by atoms with Crippen molar-refractivity contribution in [3.05, 3.63) is 18.2 Å². The zero-order valence-electron chi connectivity index (χ0n) is 9.00. The first-order valence-electron chi connectivity index (χ1n) is 4.40. The molecule has 1 aromatic rings. The van der Waals surface area contributed by atoms with Gasteiger partial charge in [0.2, 0.25) is 0 Å². The molecule has 78 valence electrons. The van der Waals surface area contributed by atoms with Crippen LogP contribution in [0.5, 0.6) is 5.75 Å². The Hall–Kier alpha value is -0.950. The molecule has 0 spiro atoms. The predicted octanol–water partition coefficient (Wildman–Crippen LogP) is 1.98. The molecule has 0 aliphatic rings. The number of anilines is 1. The number of hydrogen-bond donors (Lipinski definition) is 1. The van der Waals surface area contributed by atoms with Gasteiger partial charge in [0.25, 0.3) is 0 Å². The lowest BCUT2D eigenvalue weighted by Gasteiger charge is -2.12. The second-order valence-corrected chi connectivity index (χ2v) is 6.70. The molecule has 0 aliphatic carbocycles. The zero-order valence-corrected chi connectivity index (χ0v) is 9.89. The highest BCUT2D eigenvalue weighted by atomic mass is 31.2. The Kier molecular flexibility index (Phi) is 3.22. The van der Waals surface area contributed by atoms with Crippen molar-refractivity contribution < 1.29 is 9.30 Å². The highest BCUT2D eigenvalue weighted by molar-refractivity contribution is 7.70. The quantitative estimate of drug-likeness (QED) is 0.780. The first-order chi connectivity index (χ1) is 6.49. The van der Waals surface area contributed by atoms with Gasteiger partial charge in [-0.3, -0.25) is 0 Å². The lowest BCUT2D eigenvalue weighted by Crippen LogP contribution is -2.05. The van der Waals surface area contributed by atoms with Crippen LogP contribution in [0.25, 0.3) is 0 Å². The molecule has 3 nitrogen and oxygen atoms in total. The molecule has 0 saturated carbocycles. The number of benzene rings is 1. The number of hydrogen-bond acceptors (Lipinski definition) is 3. The molecule has 1 aromatic carbocycles. The van der Waals surface area contributed by atoms with Crippen LogP contribution in [0.1, 0.15) is 0 Å². The van der Waals surface area contributed by atoms with Gasteiger partial charge in [0.05, 0.1) is 12.8 Å². The molecule has 0 fully saturated rings. The Morgan fingerprint density at radius 3 is 2.43 bits per heavy atom. The lowest BCUT2D eigenvalue weighted by molar-refractivity contribution is 0.417. The van der Waals surface area contributed by atoms with E-state index in [1.165, 1.54) is 0 Å². The number of methoxy groups -OCH3 is 1. The van der Waals surface area contributed by atoms with Crippen molar-refractivity contribution in [2.75, 3.05) is 32.8 Å². The van der Waals surface area contributed by atoms with Crippen LogP contribution in [0.15, 0.2) is 18.2 Å². The van der Waals surface area contributed by atoms with Gasteiger partial charge in [0.15, 0.2) is 0 Å². The summed E-state index contributed by atoms with van der Waals surface area (Å²) in [6.07, 6.45) is 0. The molecule has 0 heterocycles. The molecule has 4 heteroatoms. The summed E-state index contributed by atoms with van der Waals surface area (Å²) in [5, 5.41) is 3.85. The molecular formula is C10H16NO2P. The van der Waals surface area contributed by atoms with Crippen molar-refractivity contribution in [1.29, 1.82) is 0 Å². The lowest BCUT2D eigenvalue weighted by atomic mass is 10.3. The summed E-state index contributed by atoms with van der Waals surface area (Å²) in [6.45, 7) is 3.50. The Balaban J connectivity index is 3.21. The summed E-state index contributed by atoms with van der Waals surface area (Å²) in [6, 6.07) is 5.58. The molecule has 1 N–H and O–H groups in total. The molecule has 14 heavy (non-hydrogen) atoms. The van der Waals surface area contributed by atoms with Crippen molar-refractivity contribution in [1.82, 2.24) is 0 Å². The van der Waals surface area contributed by atoms with Gasteiger partial charge in [0, 0.05) is 12.4 Å². The maximum Gasteiger partial charge on any atom is 0.142 e. The third-order valence-electron chi connectivity index (χ3n) is 2.08. The van der Waals surface area contributed by atoms with Crippen LogP contribution in [0.2, 0.25) is 0 Å². The minimum absolute atomic E-state index is 0.730. The smallest absolute Gasteiger partial charge is 0.142 e. The largest absolute Gasteiger partial charge is 0.495 e. The van der Waals surface area contributed by atoms with Crippen LogP contribution >= 0.6 is 7.14 Å². The minimum atomic E-state index is -2.20. The minimum Gasteiger partial charge on any atom is -0.495 e. The standard InChI is InChI=1S/C10H16NO2P/c1-11-9-6-5-8(14(3,4)12)7-10(9)13-2/h5-7,11H,1-4H3. The summed E-state index contributed by atoms with van der Waals surface area (Å²) in [7, 11) is 1.24. The van der Waals surface area contributed by atoms with Crippen molar-refractivity contribution in [2.45, 2.75) is 0 Å². The molecule has 0 bridgehead atoms. The third kappa shape index (κ3) is 2.30. The van der Waals surface area contributed by atoms with Crippen molar-refractivity contribution in [2.24, 2.45) is 0 Å². The Morgan fingerprint density at radius 1 is 1.36 bits per heavy atom. The van der Waals surface area contributed by atoms with Gasteiger partial charge in [-0.05, 0) is 31.5 Å². The van der Waals surface area contributed by atoms with E-state index in [9.17, 15) is 4.57 Å².